The molecule has 0 amide bonds. The van der Waals surface area contributed by atoms with Crippen LogP contribution in [0.5, 0.6) is 0 Å². The van der Waals surface area contributed by atoms with Crippen molar-refractivity contribution < 1.29 is 0 Å². The Morgan fingerprint density at radius 1 is 1.27 bits per heavy atom. The highest BCUT2D eigenvalue weighted by Crippen LogP contribution is 2.38. The molecule has 2 aliphatic rings. The summed E-state index contributed by atoms with van der Waals surface area (Å²) in [7, 11) is 0. The summed E-state index contributed by atoms with van der Waals surface area (Å²) in [6.45, 7) is 9.55. The molecule has 0 aromatic rings. The molecule has 2 heteroatoms. The predicted octanol–water partition coefficient (Wildman–Crippen LogP) is 2.25. The Hall–Kier alpha value is -0.0800. The van der Waals surface area contributed by atoms with E-state index >= 15 is 0 Å². The highest BCUT2D eigenvalue weighted by molar-refractivity contribution is 4.97. The van der Waals surface area contributed by atoms with Gasteiger partial charge in [0.2, 0.25) is 0 Å². The van der Waals surface area contributed by atoms with Crippen molar-refractivity contribution in [1.82, 2.24) is 10.2 Å². The summed E-state index contributed by atoms with van der Waals surface area (Å²) >= 11 is 0. The molecule has 15 heavy (non-hydrogen) atoms. The molecule has 4 unspecified atom stereocenters. The highest BCUT2D eigenvalue weighted by atomic mass is 15.2. The van der Waals surface area contributed by atoms with Crippen LogP contribution in [0.1, 0.15) is 46.5 Å². The molecule has 0 radical (unpaired) electrons. The first kappa shape index (κ1) is 11.4. The van der Waals surface area contributed by atoms with E-state index in [9.17, 15) is 0 Å². The molecule has 0 aromatic carbocycles. The zero-order chi connectivity index (χ0) is 10.8. The first-order valence-electron chi connectivity index (χ1n) is 6.71. The Morgan fingerprint density at radius 2 is 2.00 bits per heavy atom. The molecule has 0 spiro atoms. The van der Waals surface area contributed by atoms with Gasteiger partial charge >= 0.3 is 0 Å². The summed E-state index contributed by atoms with van der Waals surface area (Å²) in [6, 6.07) is 2.50. The Labute approximate surface area is 94.4 Å². The molecule has 0 aromatic heterocycles. The van der Waals surface area contributed by atoms with E-state index in [1.807, 2.05) is 0 Å². The van der Waals surface area contributed by atoms with E-state index in [4.69, 9.17) is 0 Å². The van der Waals surface area contributed by atoms with Gasteiger partial charge in [-0.15, -0.1) is 0 Å². The molecule has 2 rings (SSSR count). The van der Waals surface area contributed by atoms with Crippen LogP contribution in [-0.2, 0) is 0 Å². The van der Waals surface area contributed by atoms with Crippen molar-refractivity contribution in [3.8, 4) is 0 Å². The maximum atomic E-state index is 3.67. The molecular formula is C13H26N2. The monoisotopic (exact) mass is 210 g/mol. The van der Waals surface area contributed by atoms with Gasteiger partial charge in [0.25, 0.3) is 0 Å². The van der Waals surface area contributed by atoms with Gasteiger partial charge in [-0.05, 0) is 45.1 Å². The molecule has 1 aliphatic carbocycles. The van der Waals surface area contributed by atoms with Crippen LogP contribution in [0.2, 0.25) is 0 Å². The quantitative estimate of drug-likeness (QED) is 0.765. The fraction of sp³-hybridized carbons (Fsp3) is 1.00. The van der Waals surface area contributed by atoms with Crippen molar-refractivity contribution >= 4 is 0 Å². The van der Waals surface area contributed by atoms with Gasteiger partial charge in [0, 0.05) is 24.7 Å². The minimum atomic E-state index is 0.783. The smallest absolute Gasteiger partial charge is 0.0127 e. The largest absolute Gasteiger partial charge is 0.314 e. The van der Waals surface area contributed by atoms with Crippen LogP contribution >= 0.6 is 0 Å². The van der Waals surface area contributed by atoms with E-state index in [0.29, 0.717) is 0 Å². The van der Waals surface area contributed by atoms with Gasteiger partial charge in [0.05, 0.1) is 0 Å². The average molecular weight is 210 g/mol. The van der Waals surface area contributed by atoms with Gasteiger partial charge in [-0.2, -0.15) is 0 Å². The predicted molar refractivity (Wildman–Crippen MR) is 65.1 cm³/mol. The molecule has 1 saturated carbocycles. The maximum Gasteiger partial charge on any atom is 0.0127 e. The standard InChI is InChI=1S/C13H26N2/c1-4-6-14-12-5-7-15(11(3)9-12)13-8-10(13)2/h10-14H,4-9H2,1-3H3. The molecule has 2 nitrogen and oxygen atoms in total. The fourth-order valence-corrected chi connectivity index (χ4v) is 2.98. The third-order valence-electron chi connectivity index (χ3n) is 4.10. The second-order valence-corrected chi connectivity index (χ2v) is 5.54. The molecule has 1 aliphatic heterocycles. The summed E-state index contributed by atoms with van der Waals surface area (Å²) < 4.78 is 0. The van der Waals surface area contributed by atoms with Crippen LogP contribution in [0.4, 0.5) is 0 Å². The number of nitrogens with zero attached hydrogens (tertiary/aromatic N) is 1. The van der Waals surface area contributed by atoms with E-state index in [-0.39, 0.29) is 0 Å². The van der Waals surface area contributed by atoms with Crippen molar-refractivity contribution in [3.05, 3.63) is 0 Å². The van der Waals surface area contributed by atoms with E-state index in [1.54, 1.807) is 0 Å². The average Bonchev–Trinajstić information content (AvgIpc) is 2.92. The first-order chi connectivity index (χ1) is 7.22. The molecule has 88 valence electrons. The van der Waals surface area contributed by atoms with E-state index in [0.717, 1.165) is 24.0 Å². The topological polar surface area (TPSA) is 15.3 Å². The van der Waals surface area contributed by atoms with Gasteiger partial charge in [-0.3, -0.25) is 4.90 Å². The van der Waals surface area contributed by atoms with Crippen molar-refractivity contribution in [2.45, 2.75) is 64.6 Å². The van der Waals surface area contributed by atoms with E-state index in [2.05, 4.69) is 31.0 Å². The Balaban J connectivity index is 1.76. The van der Waals surface area contributed by atoms with Crippen LogP contribution in [0.25, 0.3) is 0 Å². The second kappa shape index (κ2) is 4.84. The summed E-state index contributed by atoms with van der Waals surface area (Å²) in [6.07, 6.45) is 5.41. The zero-order valence-electron chi connectivity index (χ0n) is 10.5. The molecule has 2 fully saturated rings. The van der Waals surface area contributed by atoms with Crippen LogP contribution in [0.15, 0.2) is 0 Å². The van der Waals surface area contributed by atoms with Crippen molar-refractivity contribution in [3.63, 3.8) is 0 Å². The summed E-state index contributed by atoms with van der Waals surface area (Å²) in [5.74, 6) is 0.965. The number of nitrogens with one attached hydrogen (secondary N) is 1. The number of rotatable bonds is 4. The zero-order valence-corrected chi connectivity index (χ0v) is 10.5. The van der Waals surface area contributed by atoms with Gasteiger partial charge in [-0.25, -0.2) is 0 Å². The Bertz CT molecular complexity index is 205. The van der Waals surface area contributed by atoms with Crippen molar-refractivity contribution in [1.29, 1.82) is 0 Å². The molecular weight excluding hydrogens is 184 g/mol. The number of hydrogen-bond donors (Lipinski definition) is 1. The molecule has 4 atom stereocenters. The van der Waals surface area contributed by atoms with Crippen molar-refractivity contribution in [2.24, 2.45) is 5.92 Å². The highest BCUT2D eigenvalue weighted by Gasteiger charge is 2.41. The van der Waals surface area contributed by atoms with Crippen LogP contribution < -0.4 is 5.32 Å². The minimum Gasteiger partial charge on any atom is -0.314 e. The minimum absolute atomic E-state index is 0.783. The maximum absolute atomic E-state index is 3.67. The lowest BCUT2D eigenvalue weighted by atomic mass is 9.98. The van der Waals surface area contributed by atoms with Crippen molar-refractivity contribution in [2.75, 3.05) is 13.1 Å². The molecule has 0 bridgehead atoms. The number of piperidine rings is 1. The van der Waals surface area contributed by atoms with E-state index < -0.39 is 0 Å². The molecule has 1 saturated heterocycles. The van der Waals surface area contributed by atoms with Crippen LogP contribution in [0, 0.1) is 5.92 Å². The van der Waals surface area contributed by atoms with Crippen LogP contribution in [0.3, 0.4) is 0 Å². The normalized spacial score (nSPS) is 41.8. The summed E-state index contributed by atoms with van der Waals surface area (Å²) in [4.78, 5) is 2.74. The van der Waals surface area contributed by atoms with Crippen LogP contribution in [-0.4, -0.2) is 36.1 Å². The Morgan fingerprint density at radius 3 is 2.53 bits per heavy atom. The third kappa shape index (κ3) is 2.73. The van der Waals surface area contributed by atoms with E-state index in [1.165, 1.54) is 38.8 Å². The number of hydrogen-bond acceptors (Lipinski definition) is 2. The molecule has 1 heterocycles. The second-order valence-electron chi connectivity index (χ2n) is 5.54. The SMILES string of the molecule is CCCNC1CCN(C2CC2C)C(C)C1. The summed E-state index contributed by atoms with van der Waals surface area (Å²) in [5, 5.41) is 3.67. The van der Waals surface area contributed by atoms with Gasteiger partial charge < -0.3 is 5.32 Å². The van der Waals surface area contributed by atoms with Gasteiger partial charge in [0.15, 0.2) is 0 Å². The third-order valence-corrected chi connectivity index (χ3v) is 4.10. The fourth-order valence-electron chi connectivity index (χ4n) is 2.98. The molecule has 1 N–H and O–H groups in total. The van der Waals surface area contributed by atoms with Gasteiger partial charge in [0.1, 0.15) is 0 Å². The lowest BCUT2D eigenvalue weighted by molar-refractivity contribution is 0.123. The first-order valence-corrected chi connectivity index (χ1v) is 6.71. The lowest BCUT2D eigenvalue weighted by Crippen LogP contribution is -2.48. The Kier molecular flexibility index (Phi) is 3.68. The number of likely N-dealkylation sites (tertiary alicyclic amines) is 1. The van der Waals surface area contributed by atoms with Gasteiger partial charge in [-0.1, -0.05) is 13.8 Å². The summed E-state index contributed by atoms with van der Waals surface area (Å²) in [5.41, 5.74) is 0. The lowest BCUT2D eigenvalue weighted by Gasteiger charge is -2.38.